The van der Waals surface area contributed by atoms with E-state index in [2.05, 4.69) is 109 Å². The molecule has 6 aliphatic rings. The largest absolute Gasteiger partial charge is 0.436 e. The molecule has 0 saturated heterocycles. The number of rotatable bonds is 2. The van der Waals surface area contributed by atoms with Crippen LogP contribution in [-0.2, 0) is 0 Å². The van der Waals surface area contributed by atoms with E-state index in [4.69, 9.17) is 18.8 Å². The van der Waals surface area contributed by atoms with Gasteiger partial charge in [0, 0.05) is 34.8 Å². The van der Waals surface area contributed by atoms with E-state index in [0.717, 1.165) is 33.3 Å². The lowest BCUT2D eigenvalue weighted by Crippen LogP contribution is -2.34. The van der Waals surface area contributed by atoms with Crippen LogP contribution in [-0.4, -0.2) is 9.97 Å². The maximum atomic E-state index is 6.90. The van der Waals surface area contributed by atoms with Crippen LogP contribution in [0.5, 0.6) is 0 Å². The third kappa shape index (κ3) is 3.25. The molecule has 4 nitrogen and oxygen atoms in total. The van der Waals surface area contributed by atoms with Gasteiger partial charge >= 0.3 is 0 Å². The molecule has 2 heterocycles. The van der Waals surface area contributed by atoms with Crippen molar-refractivity contribution in [3.05, 3.63) is 212 Å². The van der Waals surface area contributed by atoms with Crippen molar-refractivity contribution in [3.63, 3.8) is 0 Å². The lowest BCUT2D eigenvalue weighted by Gasteiger charge is -2.49. The summed E-state index contributed by atoms with van der Waals surface area (Å²) < 4.78 is 13.8. The van der Waals surface area contributed by atoms with Crippen LogP contribution in [0.15, 0.2) is 154 Å². The van der Waals surface area contributed by atoms with Crippen LogP contribution in [0.25, 0.3) is 45.1 Å². The fourth-order valence-electron chi connectivity index (χ4n) is 10.5. The number of para-hydroxylation sites is 4. The average Bonchev–Trinajstić information content (AvgIpc) is 3.84. The highest BCUT2D eigenvalue weighted by Gasteiger charge is 2.52. The number of oxazole rings is 2. The van der Waals surface area contributed by atoms with Gasteiger partial charge in [-0.05, 0) is 91.0 Å². The normalized spacial score (nSPS) is 19.5. The van der Waals surface area contributed by atoms with Crippen molar-refractivity contribution in [3.8, 4) is 22.9 Å². The van der Waals surface area contributed by atoms with Crippen molar-refractivity contribution in [2.45, 2.75) is 23.7 Å². The lowest BCUT2D eigenvalue weighted by atomic mass is 9.53. The van der Waals surface area contributed by atoms with Crippen LogP contribution in [0.2, 0.25) is 0 Å². The molecule has 0 spiro atoms. The van der Waals surface area contributed by atoms with Crippen LogP contribution < -0.4 is 0 Å². The van der Waals surface area contributed by atoms with Gasteiger partial charge in [-0.2, -0.15) is 0 Å². The second-order valence-electron chi connectivity index (χ2n) is 14.6. The highest BCUT2D eigenvalue weighted by atomic mass is 16.4. The molecule has 4 heteroatoms. The number of nitrogens with zero attached hydrogens (tertiary/aromatic N) is 2. The second kappa shape index (κ2) is 9.62. The third-order valence-electron chi connectivity index (χ3n) is 12.3. The Bertz CT molecular complexity index is 2530. The summed E-state index contributed by atoms with van der Waals surface area (Å²) in [6.07, 6.45) is 0. The number of hydrogen-bond donors (Lipinski definition) is 0. The Morgan fingerprint density at radius 3 is 0.827 bits per heavy atom. The van der Waals surface area contributed by atoms with Crippen LogP contribution in [0.1, 0.15) is 90.4 Å². The third-order valence-corrected chi connectivity index (χ3v) is 12.3. The zero-order chi connectivity index (χ0) is 33.7. The van der Waals surface area contributed by atoms with Gasteiger partial charge in [-0.15, -0.1) is 0 Å². The van der Waals surface area contributed by atoms with Crippen molar-refractivity contribution in [1.29, 1.82) is 0 Å². The van der Waals surface area contributed by atoms with Gasteiger partial charge in [0.15, 0.2) is 11.2 Å². The minimum atomic E-state index is -0.0169. The first-order valence-corrected chi connectivity index (χ1v) is 18.1. The summed E-state index contributed by atoms with van der Waals surface area (Å²) in [4.78, 5) is 10.6. The summed E-state index contributed by atoms with van der Waals surface area (Å²) in [5.41, 5.74) is 21.4. The SMILES string of the molecule is c1ccc2c(c1)C1c3ccccc3C2c2c(-c3nc4ccccc4o3)c3c(c(-c4nc5ccccc5o4)c21)C1c2ccccc2C3c2ccccc21. The Balaban J connectivity index is 1.28. The molecular weight excluding hydrogens is 637 g/mol. The summed E-state index contributed by atoms with van der Waals surface area (Å²) in [7, 11) is 0. The van der Waals surface area contributed by atoms with Gasteiger partial charge in [0.05, 0.1) is 0 Å². The van der Waals surface area contributed by atoms with Crippen molar-refractivity contribution < 1.29 is 8.83 Å². The van der Waals surface area contributed by atoms with Crippen LogP contribution in [0.3, 0.4) is 0 Å². The van der Waals surface area contributed by atoms with Gasteiger partial charge < -0.3 is 8.83 Å². The van der Waals surface area contributed by atoms with Crippen molar-refractivity contribution in [2.75, 3.05) is 0 Å². The molecule has 9 aromatic rings. The lowest BCUT2D eigenvalue weighted by molar-refractivity contribution is 0.604. The minimum absolute atomic E-state index is 0.0169. The summed E-state index contributed by atoms with van der Waals surface area (Å²) >= 11 is 0. The molecule has 242 valence electrons. The Kier molecular flexibility index (Phi) is 5.04. The van der Waals surface area contributed by atoms with Gasteiger partial charge in [0.1, 0.15) is 11.0 Å². The fourth-order valence-corrected chi connectivity index (χ4v) is 10.5. The number of aromatic nitrogens is 2. The maximum absolute atomic E-state index is 6.90. The van der Waals surface area contributed by atoms with E-state index in [0.29, 0.717) is 11.8 Å². The summed E-state index contributed by atoms with van der Waals surface area (Å²) in [6.45, 7) is 0. The smallest absolute Gasteiger partial charge is 0.227 e. The zero-order valence-corrected chi connectivity index (χ0v) is 27.9. The Morgan fingerprint density at radius 2 is 0.558 bits per heavy atom. The molecule has 0 radical (unpaired) electrons. The number of hydrogen-bond acceptors (Lipinski definition) is 4. The molecule has 0 fully saturated rings. The molecule has 15 rings (SSSR count). The Morgan fingerprint density at radius 1 is 0.308 bits per heavy atom. The van der Waals surface area contributed by atoms with Crippen LogP contribution >= 0.6 is 0 Å². The number of fused-ring (bicyclic) bond motifs is 2. The van der Waals surface area contributed by atoms with Crippen molar-refractivity contribution in [1.82, 2.24) is 9.97 Å². The standard InChI is InChI=1S/C48H28N2O2/c1-2-14-26-25(13-1)37-27-15-3-4-16-28(27)38(26)42-41(37)45(47-49-33-21-9-11-23-35(33)51-47)43-39-29-17-5-7-19-31(29)40(32-20-8-6-18-30(32)39)44(43)46(42)48-50-34-22-10-12-24-36(34)52-48/h1-24,37-40H. The molecule has 0 unspecified atom stereocenters. The van der Waals surface area contributed by atoms with Gasteiger partial charge in [0.25, 0.3) is 0 Å². The first kappa shape index (κ1) is 27.2. The molecule has 6 aliphatic carbocycles. The summed E-state index contributed by atoms with van der Waals surface area (Å²) in [5, 5.41) is 0. The van der Waals surface area contributed by atoms with Gasteiger partial charge in [-0.25, -0.2) is 9.97 Å². The molecule has 0 amide bonds. The van der Waals surface area contributed by atoms with Crippen molar-refractivity contribution >= 4 is 22.2 Å². The van der Waals surface area contributed by atoms with Crippen LogP contribution in [0.4, 0.5) is 0 Å². The number of benzene rings is 7. The van der Waals surface area contributed by atoms with Gasteiger partial charge in [0.2, 0.25) is 11.8 Å². The molecule has 52 heavy (non-hydrogen) atoms. The first-order valence-electron chi connectivity index (χ1n) is 18.1. The van der Waals surface area contributed by atoms with Crippen LogP contribution in [0, 0.1) is 0 Å². The van der Waals surface area contributed by atoms with E-state index in [-0.39, 0.29) is 23.7 Å². The van der Waals surface area contributed by atoms with Gasteiger partial charge in [-0.1, -0.05) is 121 Å². The highest BCUT2D eigenvalue weighted by molar-refractivity contribution is 5.93. The summed E-state index contributed by atoms with van der Waals surface area (Å²) in [5.74, 6) is 1.30. The molecule has 0 aliphatic heterocycles. The minimum Gasteiger partial charge on any atom is -0.436 e. The molecule has 4 bridgehead atoms. The zero-order valence-electron chi connectivity index (χ0n) is 27.9. The molecule has 0 atom stereocenters. The monoisotopic (exact) mass is 664 g/mol. The Hall–Kier alpha value is -6.52. The molecule has 7 aromatic carbocycles. The average molecular weight is 665 g/mol. The van der Waals surface area contributed by atoms with E-state index in [9.17, 15) is 0 Å². The van der Waals surface area contributed by atoms with E-state index in [1.54, 1.807) is 0 Å². The van der Waals surface area contributed by atoms with E-state index < -0.39 is 0 Å². The molecule has 0 N–H and O–H groups in total. The topological polar surface area (TPSA) is 52.1 Å². The van der Waals surface area contributed by atoms with Gasteiger partial charge in [-0.3, -0.25) is 0 Å². The highest BCUT2D eigenvalue weighted by Crippen LogP contribution is 2.67. The van der Waals surface area contributed by atoms with E-state index in [1.807, 2.05) is 36.4 Å². The molecule has 2 aromatic heterocycles. The quantitative estimate of drug-likeness (QED) is 0.185. The second-order valence-corrected chi connectivity index (χ2v) is 14.6. The van der Waals surface area contributed by atoms with E-state index >= 15 is 0 Å². The fraction of sp³-hybridized carbons (Fsp3) is 0.0833. The molecular formula is C48H28N2O2. The Labute approximate surface area is 299 Å². The maximum Gasteiger partial charge on any atom is 0.227 e. The predicted molar refractivity (Wildman–Crippen MR) is 202 cm³/mol. The molecule has 0 saturated carbocycles. The first-order chi connectivity index (χ1) is 25.8. The predicted octanol–water partition coefficient (Wildman–Crippen LogP) is 11.3. The van der Waals surface area contributed by atoms with E-state index in [1.165, 1.54) is 66.8 Å². The van der Waals surface area contributed by atoms with Crippen molar-refractivity contribution in [2.24, 2.45) is 0 Å². The summed E-state index contributed by atoms with van der Waals surface area (Å²) in [6, 6.07) is 52.5.